The molecule has 0 aliphatic carbocycles. The minimum atomic E-state index is -2.02. The lowest BCUT2D eigenvalue weighted by atomic mass is 10.2. The van der Waals surface area contributed by atoms with E-state index in [1.807, 2.05) is 30.3 Å². The van der Waals surface area contributed by atoms with Gasteiger partial charge in [-0.25, -0.2) is 0 Å². The number of benzene rings is 1. The first-order valence-electron chi connectivity index (χ1n) is 14.4. The van der Waals surface area contributed by atoms with Crippen molar-refractivity contribution in [1.82, 2.24) is 9.80 Å². The number of rotatable bonds is 16. The number of carbonyl (C=O) groups excluding carboxylic acids is 3. The highest BCUT2D eigenvalue weighted by Crippen LogP contribution is 2.37. The Labute approximate surface area is 258 Å². The third kappa shape index (κ3) is 13.1. The fourth-order valence-electron chi connectivity index (χ4n) is 3.29. The number of ether oxygens (including phenoxy) is 1. The molecule has 0 spiro atoms. The lowest BCUT2D eigenvalue weighted by molar-refractivity contribution is -0.146. The SMILES string of the molecule is CC(C)(C)[Si](C)(C)OCCN(CCC(=O)OCc1ccccc1)C(=O)CN(CCO[Si](C)(C)C(C)(C)C)C(=O)CBr. The summed E-state index contributed by atoms with van der Waals surface area (Å²) in [7, 11) is -4.02. The number of halogens is 1. The second-order valence-corrected chi connectivity index (χ2v) is 23.6. The average molecular weight is 674 g/mol. The van der Waals surface area contributed by atoms with Crippen LogP contribution in [0.1, 0.15) is 53.5 Å². The summed E-state index contributed by atoms with van der Waals surface area (Å²) in [5.74, 6) is -0.800. The highest BCUT2D eigenvalue weighted by molar-refractivity contribution is 9.09. The Bertz CT molecular complexity index is 977. The van der Waals surface area contributed by atoms with Crippen LogP contribution in [0.3, 0.4) is 0 Å². The molecule has 2 amide bonds. The van der Waals surface area contributed by atoms with Gasteiger partial charge in [0.1, 0.15) is 6.61 Å². The Kier molecular flexibility index (Phi) is 14.9. The van der Waals surface area contributed by atoms with Crippen LogP contribution in [-0.2, 0) is 34.6 Å². The summed E-state index contributed by atoms with van der Waals surface area (Å²) in [6.45, 7) is 23.3. The van der Waals surface area contributed by atoms with Gasteiger partial charge in [-0.1, -0.05) is 87.8 Å². The summed E-state index contributed by atoms with van der Waals surface area (Å²) in [6.07, 6.45) is 0.0551. The monoisotopic (exact) mass is 672 g/mol. The number of nitrogens with zero attached hydrogens (tertiary/aromatic N) is 2. The van der Waals surface area contributed by atoms with E-state index in [0.29, 0.717) is 26.3 Å². The molecule has 0 aliphatic rings. The summed E-state index contributed by atoms with van der Waals surface area (Å²) >= 11 is 3.25. The Morgan fingerprint density at radius 2 is 1.24 bits per heavy atom. The molecule has 234 valence electrons. The van der Waals surface area contributed by atoms with Gasteiger partial charge in [0.25, 0.3) is 0 Å². The zero-order valence-electron chi connectivity index (χ0n) is 27.0. The molecule has 41 heavy (non-hydrogen) atoms. The Hall–Kier alpha value is -1.54. The van der Waals surface area contributed by atoms with Gasteiger partial charge in [0.05, 0.1) is 31.5 Å². The van der Waals surface area contributed by atoms with Gasteiger partial charge in [-0.05, 0) is 41.8 Å². The number of amides is 2. The third-order valence-corrected chi connectivity index (χ3v) is 17.8. The van der Waals surface area contributed by atoms with Gasteiger partial charge >= 0.3 is 5.97 Å². The van der Waals surface area contributed by atoms with Gasteiger partial charge < -0.3 is 23.4 Å². The van der Waals surface area contributed by atoms with Crippen LogP contribution < -0.4 is 0 Å². The predicted molar refractivity (Wildman–Crippen MR) is 174 cm³/mol. The minimum Gasteiger partial charge on any atom is -0.461 e. The lowest BCUT2D eigenvalue weighted by Crippen LogP contribution is -2.48. The van der Waals surface area contributed by atoms with Crippen LogP contribution in [0.15, 0.2) is 30.3 Å². The fourth-order valence-corrected chi connectivity index (χ4v) is 5.72. The van der Waals surface area contributed by atoms with Crippen LogP contribution in [0, 0.1) is 0 Å². The van der Waals surface area contributed by atoms with E-state index in [4.69, 9.17) is 13.6 Å². The van der Waals surface area contributed by atoms with Gasteiger partial charge in [-0.3, -0.25) is 14.4 Å². The summed E-state index contributed by atoms with van der Waals surface area (Å²) in [5, 5.41) is 0.191. The summed E-state index contributed by atoms with van der Waals surface area (Å²) < 4.78 is 18.0. The van der Waals surface area contributed by atoms with Crippen LogP contribution in [0.25, 0.3) is 0 Å². The van der Waals surface area contributed by atoms with E-state index < -0.39 is 16.6 Å². The Balaban J connectivity index is 2.91. The summed E-state index contributed by atoms with van der Waals surface area (Å²) in [4.78, 5) is 41.9. The molecule has 11 heteroatoms. The van der Waals surface area contributed by atoms with Crippen LogP contribution in [-0.4, -0.2) is 88.9 Å². The van der Waals surface area contributed by atoms with Crippen molar-refractivity contribution in [2.45, 2.75) is 90.8 Å². The van der Waals surface area contributed by atoms with Gasteiger partial charge in [0.2, 0.25) is 11.8 Å². The Morgan fingerprint density at radius 1 is 0.756 bits per heavy atom. The fraction of sp³-hybridized carbons (Fsp3) is 0.700. The predicted octanol–water partition coefficient (Wildman–Crippen LogP) is 6.22. The molecule has 0 unspecified atom stereocenters. The average Bonchev–Trinajstić information content (AvgIpc) is 2.87. The van der Waals surface area contributed by atoms with Crippen molar-refractivity contribution in [3.05, 3.63) is 35.9 Å². The number of alkyl halides is 1. The quantitative estimate of drug-likeness (QED) is 0.118. The van der Waals surface area contributed by atoms with E-state index in [1.54, 1.807) is 4.90 Å². The zero-order valence-corrected chi connectivity index (χ0v) is 30.6. The standard InChI is InChI=1S/C30H53BrN2O6Si2/c1-29(2,3)40(7,8)38-20-18-32(17-16-28(36)37-24-25-14-12-11-13-15-25)27(35)23-33(26(34)22-31)19-21-39-41(9,10)30(4,5)6/h11-15H,16-24H2,1-10H3. The van der Waals surface area contributed by atoms with Crippen LogP contribution >= 0.6 is 15.9 Å². The molecule has 0 bridgehead atoms. The largest absolute Gasteiger partial charge is 0.461 e. The molecular weight excluding hydrogens is 620 g/mol. The molecule has 0 aliphatic heterocycles. The van der Waals surface area contributed by atoms with Crippen LogP contribution in [0.4, 0.5) is 0 Å². The van der Waals surface area contributed by atoms with E-state index in [0.717, 1.165) is 5.56 Å². The van der Waals surface area contributed by atoms with Crippen molar-refractivity contribution in [2.24, 2.45) is 0 Å². The molecule has 0 aromatic heterocycles. The normalized spacial score (nSPS) is 12.7. The van der Waals surface area contributed by atoms with E-state index in [1.165, 1.54) is 4.90 Å². The van der Waals surface area contributed by atoms with Gasteiger partial charge in [-0.2, -0.15) is 0 Å². The number of hydrogen-bond donors (Lipinski definition) is 0. The topological polar surface area (TPSA) is 85.4 Å². The first kappa shape index (κ1) is 37.5. The number of esters is 1. The minimum absolute atomic E-state index is 0.0341. The van der Waals surface area contributed by atoms with E-state index in [2.05, 4.69) is 83.7 Å². The number of carbonyl (C=O) groups is 3. The van der Waals surface area contributed by atoms with Crippen molar-refractivity contribution in [3.63, 3.8) is 0 Å². The molecule has 0 fully saturated rings. The third-order valence-electron chi connectivity index (χ3n) is 8.23. The maximum Gasteiger partial charge on any atom is 0.307 e. The summed E-state index contributed by atoms with van der Waals surface area (Å²) in [5.41, 5.74) is 0.903. The zero-order chi connectivity index (χ0) is 31.5. The second-order valence-electron chi connectivity index (χ2n) is 13.4. The first-order valence-corrected chi connectivity index (χ1v) is 21.3. The maximum atomic E-state index is 13.5. The van der Waals surface area contributed by atoms with E-state index in [9.17, 15) is 14.4 Å². The highest BCUT2D eigenvalue weighted by Gasteiger charge is 2.38. The van der Waals surface area contributed by atoms with Gasteiger partial charge in [0.15, 0.2) is 16.6 Å². The maximum absolute atomic E-state index is 13.5. The first-order chi connectivity index (χ1) is 18.8. The van der Waals surface area contributed by atoms with Crippen molar-refractivity contribution < 1.29 is 28.0 Å². The molecule has 1 aromatic carbocycles. The van der Waals surface area contributed by atoms with E-state index in [-0.39, 0.29) is 59.3 Å². The molecule has 1 rings (SSSR count). The molecule has 8 nitrogen and oxygen atoms in total. The molecule has 0 N–H and O–H groups in total. The lowest BCUT2D eigenvalue weighted by Gasteiger charge is -2.37. The van der Waals surface area contributed by atoms with Crippen molar-refractivity contribution in [2.75, 3.05) is 44.7 Å². The molecule has 0 atom stereocenters. The number of hydrogen-bond acceptors (Lipinski definition) is 6. The van der Waals surface area contributed by atoms with Crippen LogP contribution in [0.5, 0.6) is 0 Å². The van der Waals surface area contributed by atoms with Crippen molar-refractivity contribution in [1.29, 1.82) is 0 Å². The smallest absolute Gasteiger partial charge is 0.307 e. The summed E-state index contributed by atoms with van der Waals surface area (Å²) in [6, 6.07) is 9.48. The molecule has 0 saturated heterocycles. The van der Waals surface area contributed by atoms with Crippen molar-refractivity contribution >= 4 is 50.3 Å². The second kappa shape index (κ2) is 16.3. The van der Waals surface area contributed by atoms with Gasteiger partial charge in [-0.15, -0.1) is 0 Å². The highest BCUT2D eigenvalue weighted by atomic mass is 79.9. The molecular formula is C30H53BrN2O6Si2. The molecule has 1 aromatic rings. The van der Waals surface area contributed by atoms with E-state index >= 15 is 0 Å². The molecule has 0 heterocycles. The molecule has 0 radical (unpaired) electrons. The van der Waals surface area contributed by atoms with Gasteiger partial charge in [0, 0.05) is 19.6 Å². The van der Waals surface area contributed by atoms with Crippen molar-refractivity contribution in [3.8, 4) is 0 Å². The Morgan fingerprint density at radius 3 is 1.71 bits per heavy atom. The van der Waals surface area contributed by atoms with Crippen LogP contribution in [0.2, 0.25) is 36.3 Å². The molecule has 0 saturated carbocycles.